The monoisotopic (exact) mass is 397 g/mol. The number of nitriles is 4. The minimum Gasteiger partial charge on any atom is -0.399 e. The third-order valence-electron chi connectivity index (χ3n) is 4.67. The fourth-order valence-corrected chi connectivity index (χ4v) is 3.22. The first-order valence-corrected chi connectivity index (χ1v) is 9.24. The number of rotatable bonds is 3. The molecular weight excluding hydrogens is 382 g/mol. The third-order valence-corrected chi connectivity index (χ3v) is 4.67. The van der Waals surface area contributed by atoms with Crippen molar-refractivity contribution in [3.05, 3.63) is 106 Å². The van der Waals surface area contributed by atoms with Gasteiger partial charge in [0.1, 0.15) is 35.4 Å². The van der Waals surface area contributed by atoms with Crippen molar-refractivity contribution in [3.63, 3.8) is 0 Å². The molecule has 3 aromatic carbocycles. The maximum atomic E-state index is 9.69. The molecule has 0 amide bonds. The molecule has 2 N–H and O–H groups in total. The number of nitrogens with two attached hydrogens (primary N) is 1. The van der Waals surface area contributed by atoms with Crippen LogP contribution in [-0.2, 0) is 0 Å². The Morgan fingerprint density at radius 1 is 0.581 bits per heavy atom. The van der Waals surface area contributed by atoms with Gasteiger partial charge in [-0.05, 0) is 34.1 Å². The van der Waals surface area contributed by atoms with E-state index >= 15 is 0 Å². The van der Waals surface area contributed by atoms with Crippen LogP contribution >= 0.6 is 0 Å². The minimum absolute atomic E-state index is 0.00847. The largest absolute Gasteiger partial charge is 0.399 e. The molecule has 0 bridgehead atoms. The summed E-state index contributed by atoms with van der Waals surface area (Å²) >= 11 is 0. The summed E-state index contributed by atoms with van der Waals surface area (Å²) in [5.41, 5.74) is 9.09. The molecule has 0 heterocycles. The van der Waals surface area contributed by atoms with Gasteiger partial charge in [0.25, 0.3) is 0 Å². The Hall–Kier alpha value is -5.10. The van der Waals surface area contributed by atoms with Gasteiger partial charge in [-0.2, -0.15) is 21.0 Å². The molecule has 31 heavy (non-hydrogen) atoms. The molecule has 3 aromatic rings. The van der Waals surface area contributed by atoms with Gasteiger partial charge in [-0.25, -0.2) is 0 Å². The molecule has 0 spiro atoms. The van der Waals surface area contributed by atoms with E-state index < -0.39 is 0 Å². The van der Waals surface area contributed by atoms with Crippen molar-refractivity contribution in [3.8, 4) is 24.3 Å². The van der Waals surface area contributed by atoms with Crippen LogP contribution in [-0.4, -0.2) is 0 Å². The van der Waals surface area contributed by atoms with Crippen LogP contribution in [0.25, 0.3) is 16.7 Å². The highest BCUT2D eigenvalue weighted by molar-refractivity contribution is 6.07. The minimum atomic E-state index is -0.0246. The first-order valence-electron chi connectivity index (χ1n) is 9.24. The number of benzene rings is 3. The molecule has 0 saturated heterocycles. The predicted octanol–water partition coefficient (Wildman–Crippen LogP) is 3.17. The van der Waals surface area contributed by atoms with Crippen LogP contribution in [0.4, 0.5) is 5.69 Å². The standard InChI is InChI=1S/C26H15N5/c27-14-22(15-28)18-6-8-20(9-7-18)25(21-10-12-24(31)13-11-21)26(23(16-29)17-30)19-4-2-1-3-5-19/h1-13H,31H2. The SMILES string of the molecule is N#CC(C#N)=C(C(c1ccc(N)cc1)=c1ccc(=C(C#N)C#N)cc1)c1ccccc1. The van der Waals surface area contributed by atoms with Gasteiger partial charge in [0.05, 0.1) is 0 Å². The maximum Gasteiger partial charge on any atom is 0.138 e. The molecule has 5 nitrogen and oxygen atoms in total. The van der Waals surface area contributed by atoms with Crippen molar-refractivity contribution in [1.82, 2.24) is 0 Å². The second-order valence-electron chi connectivity index (χ2n) is 6.51. The van der Waals surface area contributed by atoms with Crippen molar-refractivity contribution in [2.45, 2.75) is 0 Å². The second-order valence-corrected chi connectivity index (χ2v) is 6.51. The Bertz CT molecular complexity index is 1400. The van der Waals surface area contributed by atoms with E-state index in [4.69, 9.17) is 16.3 Å². The van der Waals surface area contributed by atoms with Gasteiger partial charge in [0.15, 0.2) is 0 Å². The average Bonchev–Trinajstić information content (AvgIpc) is 2.82. The number of nitrogens with zero attached hydrogens (tertiary/aromatic N) is 4. The number of hydrogen-bond acceptors (Lipinski definition) is 5. The molecule has 0 aliphatic heterocycles. The molecule has 0 saturated carbocycles. The first-order chi connectivity index (χ1) is 15.1. The van der Waals surface area contributed by atoms with Crippen molar-refractivity contribution in [2.24, 2.45) is 0 Å². The predicted molar refractivity (Wildman–Crippen MR) is 118 cm³/mol. The summed E-state index contributed by atoms with van der Waals surface area (Å²) in [5.74, 6) is 0. The number of nitrogen functional groups attached to an aromatic ring is 1. The van der Waals surface area contributed by atoms with Crippen molar-refractivity contribution in [2.75, 3.05) is 5.73 Å². The van der Waals surface area contributed by atoms with E-state index in [0.717, 1.165) is 16.3 Å². The van der Waals surface area contributed by atoms with Gasteiger partial charge in [-0.15, -0.1) is 0 Å². The van der Waals surface area contributed by atoms with E-state index in [-0.39, 0.29) is 11.1 Å². The maximum absolute atomic E-state index is 9.69. The zero-order chi connectivity index (χ0) is 22.2. The summed E-state index contributed by atoms with van der Waals surface area (Å²) in [4.78, 5) is 0. The Kier molecular flexibility index (Phi) is 6.25. The van der Waals surface area contributed by atoms with Crippen LogP contribution in [0.1, 0.15) is 11.1 Å². The van der Waals surface area contributed by atoms with E-state index in [2.05, 4.69) is 0 Å². The lowest BCUT2D eigenvalue weighted by atomic mass is 9.87. The molecule has 0 aliphatic carbocycles. The summed E-state index contributed by atoms with van der Waals surface area (Å²) in [6.07, 6.45) is 0. The molecule has 0 atom stereocenters. The van der Waals surface area contributed by atoms with E-state index in [1.165, 1.54) is 0 Å². The van der Waals surface area contributed by atoms with Gasteiger partial charge < -0.3 is 5.73 Å². The fraction of sp³-hybridized carbons (Fsp3) is 0. The molecule has 0 fully saturated rings. The summed E-state index contributed by atoms with van der Waals surface area (Å²) in [6.45, 7) is 0. The highest BCUT2D eigenvalue weighted by Crippen LogP contribution is 2.32. The van der Waals surface area contributed by atoms with Gasteiger partial charge in [0, 0.05) is 16.5 Å². The van der Waals surface area contributed by atoms with Gasteiger partial charge in [0.2, 0.25) is 0 Å². The highest BCUT2D eigenvalue weighted by atomic mass is 14.5. The fourth-order valence-electron chi connectivity index (χ4n) is 3.22. The molecular formula is C26H15N5. The number of hydrogen-bond donors (Lipinski definition) is 1. The normalized spacial score (nSPS) is 9.29. The summed E-state index contributed by atoms with van der Waals surface area (Å²) < 4.78 is 0. The van der Waals surface area contributed by atoms with Crippen LogP contribution in [0.5, 0.6) is 0 Å². The molecule has 5 heteroatoms. The van der Waals surface area contributed by atoms with Crippen LogP contribution < -0.4 is 16.2 Å². The van der Waals surface area contributed by atoms with Crippen LogP contribution in [0.2, 0.25) is 0 Å². The van der Waals surface area contributed by atoms with Gasteiger partial charge >= 0.3 is 0 Å². The Balaban J connectivity index is 2.49. The van der Waals surface area contributed by atoms with Crippen LogP contribution in [0, 0.1) is 45.3 Å². The second kappa shape index (κ2) is 9.40. The topological polar surface area (TPSA) is 121 Å². The highest BCUT2D eigenvalue weighted by Gasteiger charge is 2.17. The third kappa shape index (κ3) is 4.33. The zero-order valence-electron chi connectivity index (χ0n) is 16.4. The molecule has 144 valence electrons. The first kappa shape index (κ1) is 20.6. The van der Waals surface area contributed by atoms with Crippen LogP contribution in [0.15, 0.2) is 84.4 Å². The summed E-state index contributed by atoms with van der Waals surface area (Å²) in [6, 6.07) is 31.1. The van der Waals surface area contributed by atoms with E-state index in [1.54, 1.807) is 36.4 Å². The zero-order valence-corrected chi connectivity index (χ0v) is 16.4. The van der Waals surface area contributed by atoms with E-state index in [1.807, 2.05) is 66.7 Å². The molecule has 0 aliphatic rings. The van der Waals surface area contributed by atoms with Gasteiger partial charge in [-0.3, -0.25) is 0 Å². The Labute approximate surface area is 179 Å². The van der Waals surface area contributed by atoms with Crippen molar-refractivity contribution >= 4 is 22.4 Å². The molecule has 0 aromatic heterocycles. The lowest BCUT2D eigenvalue weighted by Gasteiger charge is -2.14. The smallest absolute Gasteiger partial charge is 0.138 e. The van der Waals surface area contributed by atoms with Gasteiger partial charge in [-0.1, -0.05) is 66.7 Å². The average molecular weight is 397 g/mol. The lowest BCUT2D eigenvalue weighted by molar-refractivity contribution is 1.44. The van der Waals surface area contributed by atoms with E-state index in [9.17, 15) is 10.5 Å². The molecule has 3 rings (SSSR count). The summed E-state index contributed by atoms with van der Waals surface area (Å²) in [7, 11) is 0. The van der Waals surface area contributed by atoms with Crippen molar-refractivity contribution in [1.29, 1.82) is 21.0 Å². The van der Waals surface area contributed by atoms with Crippen LogP contribution in [0.3, 0.4) is 0 Å². The lowest BCUT2D eigenvalue weighted by Crippen LogP contribution is -2.14. The van der Waals surface area contributed by atoms with Crippen molar-refractivity contribution < 1.29 is 0 Å². The molecule has 0 radical (unpaired) electrons. The van der Waals surface area contributed by atoms with E-state index in [0.29, 0.717) is 22.1 Å². The quantitative estimate of drug-likeness (QED) is 0.537. The number of anilines is 1. The number of allylic oxidation sites excluding steroid dienone is 2. The Morgan fingerprint density at radius 3 is 1.65 bits per heavy atom. The summed E-state index contributed by atoms with van der Waals surface area (Å²) in [5, 5.41) is 38.9. The Morgan fingerprint density at radius 2 is 1.13 bits per heavy atom. The molecule has 0 unspecified atom stereocenters.